The minimum absolute atomic E-state index is 0.0469. The first kappa shape index (κ1) is 23.5. The molecular formula is C23H16Cl2F2N4O3. The van der Waals surface area contributed by atoms with E-state index in [1.807, 2.05) is 0 Å². The molecule has 0 bridgehead atoms. The Hall–Kier alpha value is -3.69. The third-order valence-electron chi connectivity index (χ3n) is 5.03. The molecule has 7 nitrogen and oxygen atoms in total. The number of ether oxygens (including phenoxy) is 1. The summed E-state index contributed by atoms with van der Waals surface area (Å²) < 4.78 is 37.3. The van der Waals surface area contributed by atoms with Crippen molar-refractivity contribution in [2.45, 2.75) is 0 Å². The van der Waals surface area contributed by atoms with Gasteiger partial charge in [0.15, 0.2) is 5.82 Å². The standard InChI is InChI=1S/C23H16Cl2F2N4O3/c1-30-21(19-16(26)9-15(34-2)10-17(19)27)20(29-22(32)12-3-5-13(24)6-4-12)23(33)31(30)18-8-7-14(25)11-28-18/h3-11H,1-2H3,(H,29,32). The number of amides is 1. The first-order valence-electron chi connectivity index (χ1n) is 9.75. The van der Waals surface area contributed by atoms with Crippen molar-refractivity contribution in [1.29, 1.82) is 0 Å². The fourth-order valence-electron chi connectivity index (χ4n) is 3.44. The van der Waals surface area contributed by atoms with Crippen molar-refractivity contribution in [3.8, 4) is 22.8 Å². The van der Waals surface area contributed by atoms with Crippen molar-refractivity contribution >= 4 is 34.8 Å². The molecule has 0 saturated heterocycles. The van der Waals surface area contributed by atoms with Crippen LogP contribution in [-0.4, -0.2) is 27.4 Å². The van der Waals surface area contributed by atoms with Crippen molar-refractivity contribution < 1.29 is 18.3 Å². The Kier molecular flexibility index (Phi) is 6.41. The van der Waals surface area contributed by atoms with Gasteiger partial charge < -0.3 is 10.1 Å². The molecule has 2 aromatic heterocycles. The number of carbonyl (C=O) groups is 1. The van der Waals surface area contributed by atoms with E-state index in [4.69, 9.17) is 27.9 Å². The normalized spacial score (nSPS) is 10.9. The van der Waals surface area contributed by atoms with Crippen LogP contribution in [0.3, 0.4) is 0 Å². The number of anilines is 1. The van der Waals surface area contributed by atoms with E-state index in [1.165, 1.54) is 61.4 Å². The van der Waals surface area contributed by atoms with Crippen LogP contribution in [0.5, 0.6) is 5.75 Å². The summed E-state index contributed by atoms with van der Waals surface area (Å²) in [5.74, 6) is -2.58. The third kappa shape index (κ3) is 4.27. The van der Waals surface area contributed by atoms with E-state index >= 15 is 8.78 Å². The maximum absolute atomic E-state index is 15.0. The molecule has 0 unspecified atom stereocenters. The second-order valence-corrected chi connectivity index (χ2v) is 8.00. The number of halogens is 4. The van der Waals surface area contributed by atoms with Gasteiger partial charge in [-0.3, -0.25) is 14.3 Å². The predicted molar refractivity (Wildman–Crippen MR) is 125 cm³/mol. The topological polar surface area (TPSA) is 78.2 Å². The molecule has 4 aromatic rings. The number of hydrogen-bond acceptors (Lipinski definition) is 4. The van der Waals surface area contributed by atoms with Gasteiger partial charge in [-0.1, -0.05) is 23.2 Å². The first-order chi connectivity index (χ1) is 16.2. The Morgan fingerprint density at radius 3 is 2.21 bits per heavy atom. The zero-order chi connectivity index (χ0) is 24.6. The second-order valence-electron chi connectivity index (χ2n) is 7.13. The van der Waals surface area contributed by atoms with Crippen LogP contribution < -0.4 is 15.6 Å². The van der Waals surface area contributed by atoms with Gasteiger partial charge in [-0.05, 0) is 36.4 Å². The van der Waals surface area contributed by atoms with Gasteiger partial charge in [-0.25, -0.2) is 13.8 Å². The fourth-order valence-corrected chi connectivity index (χ4v) is 3.67. The molecule has 2 aromatic carbocycles. The van der Waals surface area contributed by atoms with Crippen LogP contribution in [0, 0.1) is 11.6 Å². The molecule has 0 atom stereocenters. The first-order valence-corrected chi connectivity index (χ1v) is 10.5. The number of methoxy groups -OCH3 is 1. The van der Waals surface area contributed by atoms with Crippen molar-refractivity contribution in [3.63, 3.8) is 0 Å². The van der Waals surface area contributed by atoms with Gasteiger partial charge in [0.2, 0.25) is 0 Å². The fraction of sp³-hybridized carbons (Fsp3) is 0.0870. The summed E-state index contributed by atoms with van der Waals surface area (Å²) in [4.78, 5) is 30.4. The molecule has 11 heteroatoms. The Balaban J connectivity index is 1.95. The minimum atomic E-state index is -0.990. The lowest BCUT2D eigenvalue weighted by Crippen LogP contribution is -2.23. The smallest absolute Gasteiger partial charge is 0.297 e. The molecule has 0 fully saturated rings. The zero-order valence-electron chi connectivity index (χ0n) is 17.8. The van der Waals surface area contributed by atoms with Gasteiger partial charge in [0.25, 0.3) is 11.5 Å². The van der Waals surface area contributed by atoms with Gasteiger partial charge >= 0.3 is 0 Å². The highest BCUT2D eigenvalue weighted by molar-refractivity contribution is 6.30. The van der Waals surface area contributed by atoms with Crippen LogP contribution in [0.2, 0.25) is 10.0 Å². The highest BCUT2D eigenvalue weighted by Crippen LogP contribution is 2.34. The second kappa shape index (κ2) is 9.28. The molecule has 0 aliphatic rings. The van der Waals surface area contributed by atoms with Crippen LogP contribution in [-0.2, 0) is 7.05 Å². The molecule has 0 spiro atoms. The number of carbonyl (C=O) groups excluding carboxylic acids is 1. The predicted octanol–water partition coefficient (Wildman–Crippen LogP) is 5.08. The highest BCUT2D eigenvalue weighted by atomic mass is 35.5. The number of aromatic nitrogens is 3. The van der Waals surface area contributed by atoms with Gasteiger partial charge in [-0.15, -0.1) is 0 Å². The molecule has 174 valence electrons. The SMILES string of the molecule is COc1cc(F)c(-c2c(NC(=O)c3ccc(Cl)cc3)c(=O)n(-c3ccc(Cl)cn3)n2C)c(F)c1. The minimum Gasteiger partial charge on any atom is -0.497 e. The molecule has 1 N–H and O–H groups in total. The van der Waals surface area contributed by atoms with Crippen LogP contribution in [0.1, 0.15) is 10.4 Å². The summed E-state index contributed by atoms with van der Waals surface area (Å²) in [5.41, 5.74) is -1.65. The molecule has 0 aliphatic carbocycles. The van der Waals surface area contributed by atoms with Crippen molar-refractivity contribution in [3.05, 3.63) is 92.3 Å². The number of pyridine rings is 1. The maximum Gasteiger partial charge on any atom is 0.297 e. The van der Waals surface area contributed by atoms with E-state index in [0.717, 1.165) is 16.8 Å². The van der Waals surface area contributed by atoms with Gasteiger partial charge in [-0.2, -0.15) is 4.68 Å². The average Bonchev–Trinajstić information content (AvgIpc) is 3.04. The summed E-state index contributed by atoms with van der Waals surface area (Å²) >= 11 is 11.8. The van der Waals surface area contributed by atoms with Gasteiger partial charge in [0, 0.05) is 36.0 Å². The van der Waals surface area contributed by atoms with E-state index in [1.54, 1.807) is 0 Å². The van der Waals surface area contributed by atoms with Gasteiger partial charge in [0.05, 0.1) is 17.7 Å². The molecule has 0 aliphatic heterocycles. The van der Waals surface area contributed by atoms with Crippen molar-refractivity contribution in [2.24, 2.45) is 7.05 Å². The quantitative estimate of drug-likeness (QED) is 0.410. The van der Waals surface area contributed by atoms with Crippen LogP contribution in [0.4, 0.5) is 14.5 Å². The molecule has 0 saturated carbocycles. The Labute approximate surface area is 202 Å². The Morgan fingerprint density at radius 1 is 1.03 bits per heavy atom. The summed E-state index contributed by atoms with van der Waals surface area (Å²) in [6.45, 7) is 0. The summed E-state index contributed by atoms with van der Waals surface area (Å²) in [5, 5.41) is 3.22. The van der Waals surface area contributed by atoms with Crippen molar-refractivity contribution in [2.75, 3.05) is 12.4 Å². The lowest BCUT2D eigenvalue weighted by atomic mass is 10.1. The zero-order valence-corrected chi connectivity index (χ0v) is 19.3. The van der Waals surface area contributed by atoms with Crippen LogP contribution >= 0.6 is 23.2 Å². The van der Waals surface area contributed by atoms with Gasteiger partial charge in [0.1, 0.15) is 28.8 Å². The summed E-state index contributed by atoms with van der Waals surface area (Å²) in [6.07, 6.45) is 1.32. The van der Waals surface area contributed by atoms with Crippen LogP contribution in [0.25, 0.3) is 17.1 Å². The number of rotatable bonds is 5. The molecule has 0 radical (unpaired) electrons. The number of nitrogens with one attached hydrogen (secondary N) is 1. The molecule has 2 heterocycles. The highest BCUT2D eigenvalue weighted by Gasteiger charge is 2.28. The Bertz CT molecular complexity index is 1430. The number of hydrogen-bond donors (Lipinski definition) is 1. The van der Waals surface area contributed by atoms with E-state index in [0.29, 0.717) is 10.0 Å². The lowest BCUT2D eigenvalue weighted by molar-refractivity contribution is 0.102. The van der Waals surface area contributed by atoms with E-state index in [-0.39, 0.29) is 28.5 Å². The molecule has 4 rings (SSSR count). The van der Waals surface area contributed by atoms with Crippen LogP contribution in [0.15, 0.2) is 59.5 Å². The summed E-state index contributed by atoms with van der Waals surface area (Å²) in [7, 11) is 2.68. The molecular weight excluding hydrogens is 489 g/mol. The van der Waals surface area contributed by atoms with Crippen molar-refractivity contribution in [1.82, 2.24) is 14.3 Å². The average molecular weight is 505 g/mol. The maximum atomic E-state index is 15.0. The van der Waals surface area contributed by atoms with E-state index < -0.39 is 28.7 Å². The lowest BCUT2D eigenvalue weighted by Gasteiger charge is -2.13. The van der Waals surface area contributed by atoms with E-state index in [9.17, 15) is 9.59 Å². The number of nitrogens with zero attached hydrogens (tertiary/aromatic N) is 3. The Morgan fingerprint density at radius 2 is 1.65 bits per heavy atom. The molecule has 34 heavy (non-hydrogen) atoms. The summed E-state index contributed by atoms with van der Waals surface area (Å²) in [6, 6.07) is 10.8. The monoisotopic (exact) mass is 504 g/mol. The third-order valence-corrected chi connectivity index (χ3v) is 5.50. The molecule has 1 amide bonds. The number of benzene rings is 2. The van der Waals surface area contributed by atoms with E-state index in [2.05, 4.69) is 10.3 Å². The largest absolute Gasteiger partial charge is 0.497 e.